The van der Waals surface area contributed by atoms with Gasteiger partial charge in [-0.2, -0.15) is 0 Å². The summed E-state index contributed by atoms with van der Waals surface area (Å²) in [5.41, 5.74) is 5.28. The standard InChI is InChI=1S/C6H11N3O/c7-3-1-2-5-8-4-6(10)9-5/h4,10H,1-3,7H2,(H,8,9). The monoisotopic (exact) mass is 141 g/mol. The van der Waals surface area contributed by atoms with Crippen molar-refractivity contribution >= 4 is 0 Å². The Morgan fingerprint density at radius 3 is 3.00 bits per heavy atom. The van der Waals surface area contributed by atoms with E-state index in [0.717, 1.165) is 18.7 Å². The molecule has 0 spiro atoms. The predicted octanol–water partition coefficient (Wildman–Crippen LogP) is 0.00660. The molecule has 0 radical (unpaired) electrons. The van der Waals surface area contributed by atoms with Crippen LogP contribution in [0.15, 0.2) is 6.20 Å². The van der Waals surface area contributed by atoms with Gasteiger partial charge in [-0.1, -0.05) is 0 Å². The van der Waals surface area contributed by atoms with Gasteiger partial charge in [-0.05, 0) is 13.0 Å². The molecule has 0 unspecified atom stereocenters. The molecule has 0 amide bonds. The lowest BCUT2D eigenvalue weighted by Gasteiger charge is -1.90. The minimum Gasteiger partial charge on any atom is -0.493 e. The maximum Gasteiger partial charge on any atom is 0.208 e. The fraction of sp³-hybridized carbons (Fsp3) is 0.500. The number of hydrogen-bond donors (Lipinski definition) is 3. The van der Waals surface area contributed by atoms with E-state index in [1.807, 2.05) is 0 Å². The summed E-state index contributed by atoms with van der Waals surface area (Å²) in [5, 5.41) is 8.80. The Balaban J connectivity index is 2.42. The molecular weight excluding hydrogens is 130 g/mol. The highest BCUT2D eigenvalue weighted by Crippen LogP contribution is 2.03. The van der Waals surface area contributed by atoms with Crippen LogP contribution in [0, 0.1) is 0 Å². The molecule has 0 aliphatic rings. The van der Waals surface area contributed by atoms with Crippen LogP contribution >= 0.6 is 0 Å². The highest BCUT2D eigenvalue weighted by atomic mass is 16.3. The Morgan fingerprint density at radius 2 is 2.50 bits per heavy atom. The summed E-state index contributed by atoms with van der Waals surface area (Å²) in [4.78, 5) is 6.59. The number of aromatic nitrogens is 2. The summed E-state index contributed by atoms with van der Waals surface area (Å²) in [7, 11) is 0. The number of aromatic hydroxyl groups is 1. The van der Waals surface area contributed by atoms with Gasteiger partial charge >= 0.3 is 0 Å². The fourth-order valence-corrected chi connectivity index (χ4v) is 0.748. The van der Waals surface area contributed by atoms with E-state index in [4.69, 9.17) is 10.8 Å². The molecule has 4 N–H and O–H groups in total. The summed E-state index contributed by atoms with van der Waals surface area (Å²) in [6, 6.07) is 0. The highest BCUT2D eigenvalue weighted by Gasteiger charge is 1.95. The van der Waals surface area contributed by atoms with Crippen LogP contribution in [-0.4, -0.2) is 21.6 Å². The van der Waals surface area contributed by atoms with Gasteiger partial charge in [0.25, 0.3) is 0 Å². The highest BCUT2D eigenvalue weighted by molar-refractivity contribution is 5.04. The van der Waals surface area contributed by atoms with Gasteiger partial charge in [0.15, 0.2) is 0 Å². The second-order valence-corrected chi connectivity index (χ2v) is 2.11. The van der Waals surface area contributed by atoms with Gasteiger partial charge in [0.05, 0.1) is 6.20 Å². The van der Waals surface area contributed by atoms with Crippen LogP contribution < -0.4 is 5.73 Å². The molecule has 1 heterocycles. The second kappa shape index (κ2) is 3.22. The molecule has 1 aromatic heterocycles. The molecule has 4 nitrogen and oxygen atoms in total. The Hall–Kier alpha value is -1.03. The van der Waals surface area contributed by atoms with Gasteiger partial charge in [-0.25, -0.2) is 4.98 Å². The van der Waals surface area contributed by atoms with E-state index in [0.29, 0.717) is 6.54 Å². The lowest BCUT2D eigenvalue weighted by Crippen LogP contribution is -2.00. The van der Waals surface area contributed by atoms with Gasteiger partial charge in [0, 0.05) is 6.42 Å². The summed E-state index contributed by atoms with van der Waals surface area (Å²) in [6.07, 6.45) is 3.09. The molecule has 0 aliphatic heterocycles. The predicted molar refractivity (Wildman–Crippen MR) is 37.6 cm³/mol. The largest absolute Gasteiger partial charge is 0.493 e. The number of H-pyrrole nitrogens is 1. The number of rotatable bonds is 3. The number of aromatic amines is 1. The molecule has 0 fully saturated rings. The number of nitrogens with zero attached hydrogens (tertiary/aromatic N) is 1. The van der Waals surface area contributed by atoms with E-state index < -0.39 is 0 Å². The van der Waals surface area contributed by atoms with Crippen LogP contribution in [0.25, 0.3) is 0 Å². The first-order chi connectivity index (χ1) is 4.83. The van der Waals surface area contributed by atoms with E-state index in [1.165, 1.54) is 6.20 Å². The zero-order chi connectivity index (χ0) is 7.40. The van der Waals surface area contributed by atoms with Crippen LogP contribution in [0.4, 0.5) is 0 Å². The molecule has 0 saturated heterocycles. The lowest BCUT2D eigenvalue weighted by atomic mass is 10.3. The number of nitrogens with two attached hydrogens (primary N) is 1. The third-order valence-corrected chi connectivity index (χ3v) is 1.23. The summed E-state index contributed by atoms with van der Waals surface area (Å²) in [5.74, 6) is 0.912. The first-order valence-corrected chi connectivity index (χ1v) is 3.26. The second-order valence-electron chi connectivity index (χ2n) is 2.11. The fourth-order valence-electron chi connectivity index (χ4n) is 0.748. The Labute approximate surface area is 59.1 Å². The molecule has 0 atom stereocenters. The van der Waals surface area contributed by atoms with Crippen LogP contribution in [-0.2, 0) is 6.42 Å². The Morgan fingerprint density at radius 1 is 1.70 bits per heavy atom. The van der Waals surface area contributed by atoms with E-state index in [-0.39, 0.29) is 5.88 Å². The first kappa shape index (κ1) is 7.08. The van der Waals surface area contributed by atoms with Crippen molar-refractivity contribution in [2.45, 2.75) is 12.8 Å². The van der Waals surface area contributed by atoms with Crippen LogP contribution in [0.3, 0.4) is 0 Å². The normalized spacial score (nSPS) is 10.1. The van der Waals surface area contributed by atoms with E-state index in [9.17, 15) is 0 Å². The number of imidazole rings is 1. The van der Waals surface area contributed by atoms with Crippen molar-refractivity contribution in [1.29, 1.82) is 0 Å². The average molecular weight is 141 g/mol. The van der Waals surface area contributed by atoms with E-state index in [2.05, 4.69) is 9.97 Å². The smallest absolute Gasteiger partial charge is 0.208 e. The number of nitrogens with one attached hydrogen (secondary N) is 1. The Bertz CT molecular complexity index is 197. The molecule has 0 bridgehead atoms. The van der Waals surface area contributed by atoms with E-state index in [1.54, 1.807) is 0 Å². The van der Waals surface area contributed by atoms with E-state index >= 15 is 0 Å². The van der Waals surface area contributed by atoms with Crippen LogP contribution in [0.5, 0.6) is 5.88 Å². The zero-order valence-electron chi connectivity index (χ0n) is 5.67. The van der Waals surface area contributed by atoms with Crippen molar-refractivity contribution in [3.8, 4) is 5.88 Å². The van der Waals surface area contributed by atoms with Gasteiger partial charge in [-0.15, -0.1) is 0 Å². The van der Waals surface area contributed by atoms with Crippen molar-refractivity contribution in [3.63, 3.8) is 0 Å². The quantitative estimate of drug-likeness (QED) is 0.555. The Kier molecular flexibility index (Phi) is 2.28. The van der Waals surface area contributed by atoms with Gasteiger partial charge in [0.2, 0.25) is 5.88 Å². The summed E-state index contributed by atoms with van der Waals surface area (Å²) in [6.45, 7) is 0.654. The van der Waals surface area contributed by atoms with Gasteiger partial charge in [0.1, 0.15) is 5.82 Å². The van der Waals surface area contributed by atoms with Crippen LogP contribution in [0.2, 0.25) is 0 Å². The first-order valence-electron chi connectivity index (χ1n) is 3.26. The molecule has 0 aromatic carbocycles. The number of hydrogen-bond acceptors (Lipinski definition) is 3. The summed E-state index contributed by atoms with van der Waals surface area (Å²) < 4.78 is 0. The van der Waals surface area contributed by atoms with Crippen molar-refractivity contribution in [2.24, 2.45) is 5.73 Å². The molecule has 4 heteroatoms. The van der Waals surface area contributed by atoms with Gasteiger partial charge in [-0.3, -0.25) is 0 Å². The minimum absolute atomic E-state index is 0.118. The molecular formula is C6H11N3O. The van der Waals surface area contributed by atoms with Crippen molar-refractivity contribution in [3.05, 3.63) is 12.0 Å². The van der Waals surface area contributed by atoms with Gasteiger partial charge < -0.3 is 15.8 Å². The minimum atomic E-state index is 0.118. The SMILES string of the molecule is NCCCc1ncc(O)[nH]1. The summed E-state index contributed by atoms with van der Waals surface area (Å²) >= 11 is 0. The maximum absolute atomic E-state index is 8.80. The lowest BCUT2D eigenvalue weighted by molar-refractivity contribution is 0.455. The molecule has 1 rings (SSSR count). The molecule has 10 heavy (non-hydrogen) atoms. The molecule has 0 saturated carbocycles. The molecule has 0 aliphatic carbocycles. The van der Waals surface area contributed by atoms with Crippen LogP contribution in [0.1, 0.15) is 12.2 Å². The topological polar surface area (TPSA) is 74.9 Å². The number of aryl methyl sites for hydroxylation is 1. The molecule has 56 valence electrons. The van der Waals surface area contributed by atoms with Crippen molar-refractivity contribution in [2.75, 3.05) is 6.54 Å². The third-order valence-electron chi connectivity index (χ3n) is 1.23. The average Bonchev–Trinajstić information content (AvgIpc) is 2.31. The zero-order valence-corrected chi connectivity index (χ0v) is 5.67. The molecule has 1 aromatic rings. The maximum atomic E-state index is 8.80. The van der Waals surface area contributed by atoms with Crippen molar-refractivity contribution in [1.82, 2.24) is 9.97 Å². The van der Waals surface area contributed by atoms with Crippen molar-refractivity contribution < 1.29 is 5.11 Å². The third kappa shape index (κ3) is 1.73.